The highest BCUT2D eigenvalue weighted by atomic mass is 16.4. The molecule has 0 saturated carbocycles. The summed E-state index contributed by atoms with van der Waals surface area (Å²) in [5.74, 6) is -0.772. The molecule has 3 nitrogen and oxygen atoms in total. The van der Waals surface area contributed by atoms with Crippen LogP contribution in [0.25, 0.3) is 0 Å². The van der Waals surface area contributed by atoms with E-state index < -0.39 is 11.5 Å². The third-order valence-electron chi connectivity index (χ3n) is 3.55. The number of hydrogen-bond acceptors (Lipinski definition) is 2. The van der Waals surface area contributed by atoms with Gasteiger partial charge in [-0.15, -0.1) is 0 Å². The van der Waals surface area contributed by atoms with Crippen molar-refractivity contribution in [3.8, 4) is 0 Å². The molecule has 1 aliphatic heterocycles. The molecule has 1 N–H and O–H groups in total. The largest absolute Gasteiger partial charge is 0.480 e. The average molecular weight is 233 g/mol. The molecule has 2 rings (SSSR count). The van der Waals surface area contributed by atoms with Crippen molar-refractivity contribution in [1.82, 2.24) is 0 Å². The van der Waals surface area contributed by atoms with Crippen molar-refractivity contribution >= 4 is 11.7 Å². The number of carbonyl (C=O) groups is 1. The number of anilines is 1. The van der Waals surface area contributed by atoms with Crippen molar-refractivity contribution in [2.45, 2.75) is 39.2 Å². The minimum atomic E-state index is -0.843. The van der Waals surface area contributed by atoms with Gasteiger partial charge in [0.15, 0.2) is 0 Å². The van der Waals surface area contributed by atoms with Gasteiger partial charge in [0.05, 0.1) is 0 Å². The van der Waals surface area contributed by atoms with Gasteiger partial charge in [-0.1, -0.05) is 17.7 Å². The van der Waals surface area contributed by atoms with E-state index in [-0.39, 0.29) is 0 Å². The zero-order valence-electron chi connectivity index (χ0n) is 10.7. The quantitative estimate of drug-likeness (QED) is 0.853. The van der Waals surface area contributed by atoms with Crippen molar-refractivity contribution in [1.29, 1.82) is 0 Å². The second-order valence-electron chi connectivity index (χ2n) is 5.25. The van der Waals surface area contributed by atoms with Crippen molar-refractivity contribution in [3.63, 3.8) is 0 Å². The van der Waals surface area contributed by atoms with Crippen molar-refractivity contribution in [3.05, 3.63) is 29.3 Å². The highest BCUT2D eigenvalue weighted by Gasteiger charge is 2.36. The van der Waals surface area contributed by atoms with E-state index >= 15 is 0 Å². The van der Waals surface area contributed by atoms with Gasteiger partial charge in [-0.3, -0.25) is 0 Å². The Hall–Kier alpha value is -1.51. The summed E-state index contributed by atoms with van der Waals surface area (Å²) in [4.78, 5) is 13.4. The summed E-state index contributed by atoms with van der Waals surface area (Å²) in [5, 5.41) is 9.33. The Kier molecular flexibility index (Phi) is 2.86. The van der Waals surface area contributed by atoms with Crippen LogP contribution < -0.4 is 4.90 Å². The van der Waals surface area contributed by atoms with Gasteiger partial charge in [0.25, 0.3) is 0 Å². The second-order valence-corrected chi connectivity index (χ2v) is 5.25. The third kappa shape index (κ3) is 2.02. The maximum atomic E-state index is 11.4. The van der Waals surface area contributed by atoms with Gasteiger partial charge in [0, 0.05) is 12.2 Å². The fourth-order valence-corrected chi connectivity index (χ4v) is 2.42. The normalized spacial score (nSPS) is 15.6. The van der Waals surface area contributed by atoms with Crippen LogP contribution in [0.1, 0.15) is 31.4 Å². The lowest BCUT2D eigenvalue weighted by atomic mass is 9.93. The van der Waals surface area contributed by atoms with Gasteiger partial charge < -0.3 is 10.0 Å². The van der Waals surface area contributed by atoms with Crippen LogP contribution in [0.15, 0.2) is 18.2 Å². The summed E-state index contributed by atoms with van der Waals surface area (Å²) in [5.41, 5.74) is 2.74. The van der Waals surface area contributed by atoms with Crippen LogP contribution >= 0.6 is 0 Å². The van der Waals surface area contributed by atoms with Gasteiger partial charge in [-0.2, -0.15) is 0 Å². The molecule has 0 atom stereocenters. The minimum Gasteiger partial charge on any atom is -0.480 e. The molecule has 0 fully saturated rings. The van der Waals surface area contributed by atoms with Crippen LogP contribution in [-0.2, 0) is 11.2 Å². The van der Waals surface area contributed by atoms with Crippen LogP contribution in [0.5, 0.6) is 0 Å². The summed E-state index contributed by atoms with van der Waals surface area (Å²) >= 11 is 0. The number of fused-ring (bicyclic) bond motifs is 1. The van der Waals surface area contributed by atoms with Crippen LogP contribution in [0.4, 0.5) is 5.69 Å². The summed E-state index contributed by atoms with van der Waals surface area (Å²) in [6, 6.07) is 6.27. The lowest BCUT2D eigenvalue weighted by Gasteiger charge is -2.41. The van der Waals surface area contributed by atoms with Crippen LogP contribution in [0, 0.1) is 6.92 Å². The molecule has 1 aliphatic rings. The Balaban J connectivity index is 2.45. The Labute approximate surface area is 102 Å². The third-order valence-corrected chi connectivity index (χ3v) is 3.55. The van der Waals surface area contributed by atoms with E-state index in [0.717, 1.165) is 25.1 Å². The standard InChI is InChI=1S/C14H19NO2/c1-10-6-7-12-11(9-10)5-4-8-15(12)14(2,3)13(16)17/h6-7,9H,4-5,8H2,1-3H3,(H,16,17). The van der Waals surface area contributed by atoms with Crippen LogP contribution in [-0.4, -0.2) is 23.2 Å². The highest BCUT2D eigenvalue weighted by molar-refractivity contribution is 5.83. The molecule has 1 aromatic rings. The van der Waals surface area contributed by atoms with Gasteiger partial charge in [-0.25, -0.2) is 4.79 Å². The Morgan fingerprint density at radius 3 is 2.76 bits per heavy atom. The topological polar surface area (TPSA) is 40.5 Å². The molecule has 0 saturated heterocycles. The summed E-state index contributed by atoms with van der Waals surface area (Å²) in [7, 11) is 0. The van der Waals surface area contributed by atoms with Crippen molar-refractivity contribution < 1.29 is 9.90 Å². The van der Waals surface area contributed by atoms with Crippen molar-refractivity contribution in [2.24, 2.45) is 0 Å². The van der Waals surface area contributed by atoms with E-state index in [0.29, 0.717) is 0 Å². The lowest BCUT2D eigenvalue weighted by molar-refractivity contribution is -0.142. The molecule has 0 unspecified atom stereocenters. The predicted octanol–water partition coefficient (Wildman–Crippen LogP) is 2.61. The molecule has 0 bridgehead atoms. The van der Waals surface area contributed by atoms with E-state index in [1.807, 2.05) is 4.90 Å². The smallest absolute Gasteiger partial charge is 0.328 e. The molecular formula is C14H19NO2. The van der Waals surface area contributed by atoms with E-state index in [2.05, 4.69) is 25.1 Å². The Bertz CT molecular complexity index is 452. The molecule has 92 valence electrons. The molecular weight excluding hydrogens is 214 g/mol. The zero-order chi connectivity index (χ0) is 12.6. The van der Waals surface area contributed by atoms with Gasteiger partial charge in [0.2, 0.25) is 0 Å². The number of carboxylic acids is 1. The van der Waals surface area contributed by atoms with E-state index in [9.17, 15) is 9.90 Å². The molecule has 1 heterocycles. The summed E-state index contributed by atoms with van der Waals surface area (Å²) < 4.78 is 0. The fraction of sp³-hybridized carbons (Fsp3) is 0.500. The van der Waals surface area contributed by atoms with Crippen LogP contribution in [0.2, 0.25) is 0 Å². The number of nitrogens with zero attached hydrogens (tertiary/aromatic N) is 1. The SMILES string of the molecule is Cc1ccc2c(c1)CCCN2C(C)(C)C(=O)O. The molecule has 0 aliphatic carbocycles. The van der Waals surface area contributed by atoms with Gasteiger partial charge in [-0.05, 0) is 45.2 Å². The number of aryl methyl sites for hydroxylation is 2. The molecule has 3 heteroatoms. The van der Waals surface area contributed by atoms with Gasteiger partial charge in [0.1, 0.15) is 5.54 Å². The molecule has 0 radical (unpaired) electrons. The number of aliphatic carboxylic acids is 1. The molecule has 0 amide bonds. The predicted molar refractivity (Wildman–Crippen MR) is 68.6 cm³/mol. The monoisotopic (exact) mass is 233 g/mol. The fourth-order valence-electron chi connectivity index (χ4n) is 2.42. The number of benzene rings is 1. The molecule has 17 heavy (non-hydrogen) atoms. The number of rotatable bonds is 2. The Morgan fingerprint density at radius 1 is 1.41 bits per heavy atom. The summed E-state index contributed by atoms with van der Waals surface area (Å²) in [6.07, 6.45) is 2.07. The molecule has 1 aromatic carbocycles. The first kappa shape index (κ1) is 12.0. The minimum absolute atomic E-state index is 0.772. The van der Waals surface area contributed by atoms with E-state index in [4.69, 9.17) is 0 Å². The summed E-state index contributed by atoms with van der Waals surface area (Å²) in [6.45, 7) is 6.42. The average Bonchev–Trinajstić information content (AvgIpc) is 2.27. The second kappa shape index (κ2) is 4.06. The van der Waals surface area contributed by atoms with E-state index in [1.165, 1.54) is 11.1 Å². The maximum absolute atomic E-state index is 11.4. The van der Waals surface area contributed by atoms with E-state index in [1.54, 1.807) is 13.8 Å². The molecule has 0 aromatic heterocycles. The van der Waals surface area contributed by atoms with Crippen LogP contribution in [0.3, 0.4) is 0 Å². The number of carboxylic acid groups (broad SMARTS) is 1. The Morgan fingerprint density at radius 2 is 2.12 bits per heavy atom. The lowest BCUT2D eigenvalue weighted by Crippen LogP contribution is -2.52. The van der Waals surface area contributed by atoms with Gasteiger partial charge >= 0.3 is 5.97 Å². The zero-order valence-corrected chi connectivity index (χ0v) is 10.7. The first-order valence-electron chi connectivity index (χ1n) is 6.03. The number of hydrogen-bond donors (Lipinski definition) is 1. The maximum Gasteiger partial charge on any atom is 0.328 e. The first-order valence-corrected chi connectivity index (χ1v) is 6.03. The molecule has 0 spiro atoms. The highest BCUT2D eigenvalue weighted by Crippen LogP contribution is 2.33. The van der Waals surface area contributed by atoms with Crippen molar-refractivity contribution in [2.75, 3.05) is 11.4 Å². The first-order chi connectivity index (χ1) is 7.93.